The van der Waals surface area contributed by atoms with Crippen molar-refractivity contribution >= 4 is 5.91 Å². The highest BCUT2D eigenvalue weighted by Crippen LogP contribution is 2.18. The van der Waals surface area contributed by atoms with Gasteiger partial charge in [-0.3, -0.25) is 4.79 Å². The summed E-state index contributed by atoms with van der Waals surface area (Å²) in [5, 5.41) is 2.23. The predicted octanol–water partition coefficient (Wildman–Crippen LogP) is 0.920. The molecule has 1 aliphatic carbocycles. The number of amides is 1. The van der Waals surface area contributed by atoms with Gasteiger partial charge in [-0.1, -0.05) is 0 Å². The zero-order valence-electron chi connectivity index (χ0n) is 5.44. The van der Waals surface area contributed by atoms with Crippen molar-refractivity contribution in [3.63, 3.8) is 0 Å². The van der Waals surface area contributed by atoms with Crippen molar-refractivity contribution < 1.29 is 13.6 Å². The second-order valence-corrected chi connectivity index (χ2v) is 2.44. The van der Waals surface area contributed by atoms with Gasteiger partial charge in [0.15, 0.2) is 0 Å². The van der Waals surface area contributed by atoms with Gasteiger partial charge in [0, 0.05) is 6.04 Å². The van der Waals surface area contributed by atoms with E-state index in [2.05, 4.69) is 5.32 Å². The van der Waals surface area contributed by atoms with Crippen LogP contribution < -0.4 is 5.32 Å². The monoisotopic (exact) mass is 149 g/mol. The van der Waals surface area contributed by atoms with Gasteiger partial charge in [0.05, 0.1) is 0 Å². The summed E-state index contributed by atoms with van der Waals surface area (Å²) in [6, 6.07) is 0.0153. The lowest BCUT2D eigenvalue weighted by Gasteiger charge is -2.25. The lowest BCUT2D eigenvalue weighted by Crippen LogP contribution is -2.42. The molecule has 0 aromatic rings. The highest BCUT2D eigenvalue weighted by Gasteiger charge is 2.23. The fourth-order valence-corrected chi connectivity index (χ4v) is 0.817. The molecule has 1 amide bonds. The summed E-state index contributed by atoms with van der Waals surface area (Å²) in [5.74, 6) is -1.13. The lowest BCUT2D eigenvalue weighted by atomic mass is 9.93. The van der Waals surface area contributed by atoms with E-state index in [-0.39, 0.29) is 6.04 Å². The second kappa shape index (κ2) is 2.94. The first-order valence-corrected chi connectivity index (χ1v) is 3.28. The number of hydrogen-bond donors (Lipinski definition) is 1. The third-order valence-electron chi connectivity index (χ3n) is 1.65. The molecule has 0 aliphatic heterocycles. The minimum atomic E-state index is -2.86. The summed E-state index contributed by atoms with van der Waals surface area (Å²) in [6.07, 6.45) is -0.133. The number of nitrogens with one attached hydrogen (secondary N) is 1. The number of halogens is 2. The Labute approximate surface area is 57.6 Å². The van der Waals surface area contributed by atoms with E-state index in [0.717, 1.165) is 19.3 Å². The molecule has 10 heavy (non-hydrogen) atoms. The summed E-state index contributed by atoms with van der Waals surface area (Å²) in [6.45, 7) is 0. The van der Waals surface area contributed by atoms with Crippen LogP contribution in [-0.4, -0.2) is 18.4 Å². The maximum Gasteiger partial charge on any atom is 0.315 e. The molecule has 1 aliphatic rings. The van der Waals surface area contributed by atoms with E-state index >= 15 is 0 Å². The van der Waals surface area contributed by atoms with E-state index in [0.29, 0.717) is 0 Å². The van der Waals surface area contributed by atoms with Crippen LogP contribution in [0.1, 0.15) is 19.3 Å². The van der Waals surface area contributed by atoms with Crippen LogP contribution in [0.2, 0.25) is 0 Å². The van der Waals surface area contributed by atoms with Crippen LogP contribution in [0.5, 0.6) is 0 Å². The molecule has 0 atom stereocenters. The number of alkyl halides is 2. The van der Waals surface area contributed by atoms with Gasteiger partial charge in [0.2, 0.25) is 0 Å². The molecule has 1 N–H and O–H groups in total. The maximum absolute atomic E-state index is 11.5. The molecule has 0 aromatic heterocycles. The molecule has 0 saturated heterocycles. The average Bonchev–Trinajstić information content (AvgIpc) is 1.77. The van der Waals surface area contributed by atoms with Gasteiger partial charge in [-0.05, 0) is 19.3 Å². The van der Waals surface area contributed by atoms with E-state index in [9.17, 15) is 13.6 Å². The molecular formula is C6H9F2NO. The first-order valence-electron chi connectivity index (χ1n) is 3.28. The molecule has 0 aromatic carbocycles. The molecule has 1 rings (SSSR count). The van der Waals surface area contributed by atoms with Crippen molar-refractivity contribution in [2.24, 2.45) is 0 Å². The van der Waals surface area contributed by atoms with Crippen molar-refractivity contribution in [1.82, 2.24) is 5.32 Å². The van der Waals surface area contributed by atoms with Gasteiger partial charge >= 0.3 is 6.43 Å². The van der Waals surface area contributed by atoms with Gasteiger partial charge < -0.3 is 5.32 Å². The van der Waals surface area contributed by atoms with Crippen LogP contribution in [0.15, 0.2) is 0 Å². The Morgan fingerprint density at radius 3 is 2.40 bits per heavy atom. The fourth-order valence-electron chi connectivity index (χ4n) is 0.817. The molecule has 0 bridgehead atoms. The third kappa shape index (κ3) is 1.65. The van der Waals surface area contributed by atoms with Gasteiger partial charge in [0.1, 0.15) is 0 Å². The number of carbonyl (C=O) groups is 1. The Bertz CT molecular complexity index is 134. The Hall–Kier alpha value is -0.670. The Balaban J connectivity index is 2.17. The predicted molar refractivity (Wildman–Crippen MR) is 31.8 cm³/mol. The lowest BCUT2D eigenvalue weighted by molar-refractivity contribution is -0.133. The van der Waals surface area contributed by atoms with Crippen LogP contribution in [0.3, 0.4) is 0 Å². The first-order chi connectivity index (χ1) is 4.70. The van der Waals surface area contributed by atoms with Crippen molar-refractivity contribution in [2.45, 2.75) is 31.7 Å². The van der Waals surface area contributed by atoms with E-state index in [1.54, 1.807) is 0 Å². The topological polar surface area (TPSA) is 29.1 Å². The zero-order valence-corrected chi connectivity index (χ0v) is 5.44. The van der Waals surface area contributed by atoms with Gasteiger partial charge in [0.25, 0.3) is 5.91 Å². The van der Waals surface area contributed by atoms with E-state index < -0.39 is 12.3 Å². The molecule has 0 spiro atoms. The smallest absolute Gasteiger partial charge is 0.315 e. The Kier molecular flexibility index (Phi) is 2.19. The molecule has 2 nitrogen and oxygen atoms in total. The normalized spacial score (nSPS) is 18.7. The summed E-state index contributed by atoms with van der Waals surface area (Å²) < 4.78 is 23.1. The van der Waals surface area contributed by atoms with Crippen LogP contribution >= 0.6 is 0 Å². The van der Waals surface area contributed by atoms with Crippen LogP contribution in [0.4, 0.5) is 8.78 Å². The largest absolute Gasteiger partial charge is 0.348 e. The van der Waals surface area contributed by atoms with Gasteiger partial charge in [-0.2, -0.15) is 8.78 Å². The number of hydrogen-bond acceptors (Lipinski definition) is 1. The second-order valence-electron chi connectivity index (χ2n) is 2.44. The highest BCUT2D eigenvalue weighted by atomic mass is 19.3. The van der Waals surface area contributed by atoms with Gasteiger partial charge in [-0.15, -0.1) is 0 Å². The Morgan fingerprint density at radius 2 is 2.10 bits per heavy atom. The first kappa shape index (κ1) is 7.44. The maximum atomic E-state index is 11.5. The van der Waals surface area contributed by atoms with Crippen molar-refractivity contribution in [3.8, 4) is 0 Å². The van der Waals surface area contributed by atoms with E-state index in [1.165, 1.54) is 0 Å². The third-order valence-corrected chi connectivity index (χ3v) is 1.65. The minimum Gasteiger partial charge on any atom is -0.348 e. The summed E-state index contributed by atoms with van der Waals surface area (Å²) in [7, 11) is 0. The molecule has 1 fully saturated rings. The van der Waals surface area contributed by atoms with E-state index in [4.69, 9.17) is 0 Å². The molecule has 4 heteroatoms. The Morgan fingerprint density at radius 1 is 1.50 bits per heavy atom. The molecule has 0 heterocycles. The molecule has 0 unspecified atom stereocenters. The number of carbonyl (C=O) groups excluding carboxylic acids is 1. The summed E-state index contributed by atoms with van der Waals surface area (Å²) >= 11 is 0. The van der Waals surface area contributed by atoms with Crippen molar-refractivity contribution in [2.75, 3.05) is 0 Å². The van der Waals surface area contributed by atoms with Crippen molar-refractivity contribution in [3.05, 3.63) is 0 Å². The molecule has 58 valence electrons. The number of rotatable bonds is 2. The zero-order chi connectivity index (χ0) is 7.56. The van der Waals surface area contributed by atoms with Crippen LogP contribution in [-0.2, 0) is 4.79 Å². The SMILES string of the molecule is O=C(NC1CCC1)C(F)F. The highest BCUT2D eigenvalue weighted by molar-refractivity contribution is 5.79. The molecule has 1 saturated carbocycles. The van der Waals surface area contributed by atoms with E-state index in [1.807, 2.05) is 0 Å². The van der Waals surface area contributed by atoms with Crippen molar-refractivity contribution in [1.29, 1.82) is 0 Å². The average molecular weight is 149 g/mol. The van der Waals surface area contributed by atoms with Crippen LogP contribution in [0.25, 0.3) is 0 Å². The summed E-state index contributed by atoms with van der Waals surface area (Å²) in [5.41, 5.74) is 0. The summed E-state index contributed by atoms with van der Waals surface area (Å²) in [4.78, 5) is 10.3. The van der Waals surface area contributed by atoms with Crippen LogP contribution in [0, 0.1) is 0 Å². The standard InChI is InChI=1S/C6H9F2NO/c7-5(8)6(10)9-4-2-1-3-4/h4-5H,1-3H2,(H,9,10). The molecule has 0 radical (unpaired) electrons. The van der Waals surface area contributed by atoms with Gasteiger partial charge in [-0.25, -0.2) is 0 Å². The minimum absolute atomic E-state index is 0.0153. The molecular weight excluding hydrogens is 140 g/mol. The quantitative estimate of drug-likeness (QED) is 0.621. The fraction of sp³-hybridized carbons (Fsp3) is 0.833.